The van der Waals surface area contributed by atoms with Crippen molar-refractivity contribution in [2.75, 3.05) is 18.0 Å². The van der Waals surface area contributed by atoms with Crippen molar-refractivity contribution in [2.24, 2.45) is 0 Å². The summed E-state index contributed by atoms with van der Waals surface area (Å²) in [6.07, 6.45) is 3.60. The maximum absolute atomic E-state index is 4.78. The largest absolute Gasteiger partial charge is 0.357 e. The molecule has 0 spiro atoms. The second-order valence-electron chi connectivity index (χ2n) is 5.37. The molecule has 24 heavy (non-hydrogen) atoms. The summed E-state index contributed by atoms with van der Waals surface area (Å²) < 4.78 is 0.935. The molecule has 0 unspecified atom stereocenters. The summed E-state index contributed by atoms with van der Waals surface area (Å²) in [6, 6.07) is 14.1. The molecule has 1 aromatic carbocycles. The zero-order valence-corrected chi connectivity index (χ0v) is 15.4. The molecule has 122 valence electrons. The molecule has 0 amide bonds. The standard InChI is InChI=1S/C19H19BrN4/c1-3-24(4-2)18-11-17(15-10-16(20)13-21-12-15)22-19(23-18)14-8-6-5-7-9-14/h5-13H,3-4H2,1-2H3. The van der Waals surface area contributed by atoms with Crippen LogP contribution in [0.5, 0.6) is 0 Å². The van der Waals surface area contributed by atoms with E-state index < -0.39 is 0 Å². The molecule has 0 radical (unpaired) electrons. The Morgan fingerprint density at radius 2 is 1.67 bits per heavy atom. The number of aromatic nitrogens is 3. The summed E-state index contributed by atoms with van der Waals surface area (Å²) in [5.41, 5.74) is 2.85. The summed E-state index contributed by atoms with van der Waals surface area (Å²) in [4.78, 5) is 16.0. The average Bonchev–Trinajstić information content (AvgIpc) is 2.63. The number of rotatable bonds is 5. The minimum atomic E-state index is 0.731. The first-order chi connectivity index (χ1) is 11.7. The van der Waals surface area contributed by atoms with E-state index in [1.165, 1.54) is 0 Å². The quantitative estimate of drug-likeness (QED) is 0.634. The third kappa shape index (κ3) is 3.62. The summed E-state index contributed by atoms with van der Waals surface area (Å²) in [6.45, 7) is 6.07. The van der Waals surface area contributed by atoms with E-state index in [0.717, 1.165) is 46.0 Å². The molecular formula is C19H19BrN4. The molecule has 0 atom stereocenters. The van der Waals surface area contributed by atoms with Crippen LogP contribution < -0.4 is 4.90 Å². The molecule has 2 heterocycles. The highest BCUT2D eigenvalue weighted by molar-refractivity contribution is 9.10. The first kappa shape index (κ1) is 16.6. The predicted octanol–water partition coefficient (Wildman–Crippen LogP) is 4.81. The minimum absolute atomic E-state index is 0.731. The Balaban J connectivity index is 2.16. The van der Waals surface area contributed by atoms with Gasteiger partial charge in [-0.05, 0) is 35.8 Å². The van der Waals surface area contributed by atoms with Crippen LogP contribution in [-0.4, -0.2) is 28.0 Å². The van der Waals surface area contributed by atoms with Gasteiger partial charge in [0.2, 0.25) is 0 Å². The highest BCUT2D eigenvalue weighted by atomic mass is 79.9. The molecule has 0 fully saturated rings. The van der Waals surface area contributed by atoms with Gasteiger partial charge >= 0.3 is 0 Å². The maximum atomic E-state index is 4.78. The van der Waals surface area contributed by atoms with Crippen molar-refractivity contribution in [1.82, 2.24) is 15.0 Å². The number of nitrogens with zero attached hydrogens (tertiary/aromatic N) is 4. The van der Waals surface area contributed by atoms with Gasteiger partial charge in [0.05, 0.1) is 5.69 Å². The van der Waals surface area contributed by atoms with Crippen molar-refractivity contribution in [3.05, 3.63) is 59.3 Å². The van der Waals surface area contributed by atoms with E-state index in [-0.39, 0.29) is 0 Å². The zero-order chi connectivity index (χ0) is 16.9. The summed E-state index contributed by atoms with van der Waals surface area (Å²) in [5.74, 6) is 1.67. The first-order valence-corrected chi connectivity index (χ1v) is 8.81. The van der Waals surface area contributed by atoms with Crippen LogP contribution in [0.25, 0.3) is 22.6 Å². The highest BCUT2D eigenvalue weighted by Crippen LogP contribution is 2.27. The molecular weight excluding hydrogens is 364 g/mol. The Kier molecular flexibility index (Phi) is 5.20. The second kappa shape index (κ2) is 7.53. The fourth-order valence-corrected chi connectivity index (χ4v) is 2.93. The van der Waals surface area contributed by atoms with Crippen LogP contribution in [0.1, 0.15) is 13.8 Å². The van der Waals surface area contributed by atoms with Gasteiger partial charge < -0.3 is 4.90 Å². The number of hydrogen-bond donors (Lipinski definition) is 0. The van der Waals surface area contributed by atoms with Crippen molar-refractivity contribution >= 4 is 21.7 Å². The van der Waals surface area contributed by atoms with Crippen LogP contribution in [0, 0.1) is 0 Å². The van der Waals surface area contributed by atoms with Gasteiger partial charge in [0.25, 0.3) is 0 Å². The number of anilines is 1. The molecule has 0 saturated heterocycles. The normalized spacial score (nSPS) is 10.6. The first-order valence-electron chi connectivity index (χ1n) is 8.01. The molecule has 2 aromatic heterocycles. The summed E-state index contributed by atoms with van der Waals surface area (Å²) >= 11 is 3.48. The summed E-state index contributed by atoms with van der Waals surface area (Å²) in [5, 5.41) is 0. The van der Waals surface area contributed by atoms with Crippen molar-refractivity contribution < 1.29 is 0 Å². The van der Waals surface area contributed by atoms with E-state index in [1.54, 1.807) is 6.20 Å². The monoisotopic (exact) mass is 382 g/mol. The third-order valence-corrected chi connectivity index (χ3v) is 4.27. The molecule has 0 bridgehead atoms. The molecule has 0 N–H and O–H groups in total. The van der Waals surface area contributed by atoms with Crippen molar-refractivity contribution in [3.63, 3.8) is 0 Å². The van der Waals surface area contributed by atoms with Gasteiger partial charge in [-0.3, -0.25) is 4.98 Å². The van der Waals surface area contributed by atoms with E-state index in [2.05, 4.69) is 39.7 Å². The lowest BCUT2D eigenvalue weighted by Gasteiger charge is -2.21. The fraction of sp³-hybridized carbons (Fsp3) is 0.211. The molecule has 3 aromatic rings. The van der Waals surface area contributed by atoms with Crippen LogP contribution in [0.2, 0.25) is 0 Å². The number of halogens is 1. The van der Waals surface area contributed by atoms with Gasteiger partial charge in [-0.1, -0.05) is 30.3 Å². The molecule has 0 aliphatic carbocycles. The Hall–Kier alpha value is -2.27. The number of pyridine rings is 1. The van der Waals surface area contributed by atoms with Gasteiger partial charge in [0.1, 0.15) is 5.82 Å². The third-order valence-electron chi connectivity index (χ3n) is 3.83. The molecule has 0 aliphatic heterocycles. The van der Waals surface area contributed by atoms with Crippen molar-refractivity contribution in [3.8, 4) is 22.6 Å². The smallest absolute Gasteiger partial charge is 0.162 e. The van der Waals surface area contributed by atoms with Crippen molar-refractivity contribution in [1.29, 1.82) is 0 Å². The van der Waals surface area contributed by atoms with Crippen LogP contribution >= 0.6 is 15.9 Å². The lowest BCUT2D eigenvalue weighted by Crippen LogP contribution is -2.23. The highest BCUT2D eigenvalue weighted by Gasteiger charge is 2.12. The molecule has 4 nitrogen and oxygen atoms in total. The van der Waals surface area contributed by atoms with E-state index in [9.17, 15) is 0 Å². The van der Waals surface area contributed by atoms with Gasteiger partial charge in [0, 0.05) is 47.1 Å². The van der Waals surface area contributed by atoms with E-state index in [4.69, 9.17) is 9.97 Å². The Bertz CT molecular complexity index is 817. The van der Waals surface area contributed by atoms with Crippen LogP contribution in [-0.2, 0) is 0 Å². The number of benzene rings is 1. The lowest BCUT2D eigenvalue weighted by atomic mass is 10.1. The topological polar surface area (TPSA) is 41.9 Å². The van der Waals surface area contributed by atoms with Gasteiger partial charge in [-0.15, -0.1) is 0 Å². The van der Waals surface area contributed by atoms with E-state index in [0.29, 0.717) is 0 Å². The zero-order valence-electron chi connectivity index (χ0n) is 13.8. The van der Waals surface area contributed by atoms with Crippen LogP contribution in [0.15, 0.2) is 59.3 Å². The Morgan fingerprint density at radius 3 is 2.33 bits per heavy atom. The van der Waals surface area contributed by atoms with Gasteiger partial charge in [-0.2, -0.15) is 0 Å². The van der Waals surface area contributed by atoms with E-state index >= 15 is 0 Å². The lowest BCUT2D eigenvalue weighted by molar-refractivity contribution is 0.843. The predicted molar refractivity (Wildman–Crippen MR) is 102 cm³/mol. The van der Waals surface area contributed by atoms with Gasteiger partial charge in [0.15, 0.2) is 5.82 Å². The SMILES string of the molecule is CCN(CC)c1cc(-c2cncc(Br)c2)nc(-c2ccccc2)n1. The van der Waals surface area contributed by atoms with Crippen molar-refractivity contribution in [2.45, 2.75) is 13.8 Å². The van der Waals surface area contributed by atoms with Gasteiger partial charge in [-0.25, -0.2) is 9.97 Å². The summed E-state index contributed by atoms with van der Waals surface area (Å²) in [7, 11) is 0. The minimum Gasteiger partial charge on any atom is -0.357 e. The molecule has 0 saturated carbocycles. The molecule has 3 rings (SSSR count). The Morgan fingerprint density at radius 1 is 0.917 bits per heavy atom. The second-order valence-corrected chi connectivity index (χ2v) is 6.28. The fourth-order valence-electron chi connectivity index (χ4n) is 2.56. The van der Waals surface area contributed by atoms with Crippen LogP contribution in [0.3, 0.4) is 0 Å². The molecule has 0 aliphatic rings. The average molecular weight is 383 g/mol. The Labute approximate surface area is 150 Å². The number of hydrogen-bond acceptors (Lipinski definition) is 4. The van der Waals surface area contributed by atoms with Crippen LogP contribution in [0.4, 0.5) is 5.82 Å². The van der Waals surface area contributed by atoms with E-state index in [1.807, 2.05) is 48.7 Å². The maximum Gasteiger partial charge on any atom is 0.162 e. The molecule has 5 heteroatoms.